The Morgan fingerprint density at radius 1 is 0.967 bits per heavy atom. The van der Waals surface area contributed by atoms with Crippen LogP contribution in [0.3, 0.4) is 0 Å². The molecule has 3 aromatic carbocycles. The summed E-state index contributed by atoms with van der Waals surface area (Å²) in [5.41, 5.74) is 6.47. The van der Waals surface area contributed by atoms with Crippen LogP contribution < -0.4 is 10.0 Å². The topological polar surface area (TPSA) is 75.3 Å². The zero-order chi connectivity index (χ0) is 21.1. The second-order valence-corrected chi connectivity index (χ2v) is 8.87. The molecule has 4 rings (SSSR count). The molecule has 0 spiro atoms. The Morgan fingerprint density at radius 2 is 1.70 bits per heavy atom. The molecule has 0 aliphatic heterocycles. The van der Waals surface area contributed by atoms with Gasteiger partial charge in [-0.3, -0.25) is 4.79 Å². The highest BCUT2D eigenvalue weighted by Gasteiger charge is 2.18. The monoisotopic (exact) mass is 418 g/mol. The van der Waals surface area contributed by atoms with Crippen molar-refractivity contribution in [3.05, 3.63) is 89.5 Å². The maximum Gasteiger partial charge on any atom is 0.248 e. The minimum atomic E-state index is -3.48. The van der Waals surface area contributed by atoms with E-state index in [-0.39, 0.29) is 10.8 Å². The quantitative estimate of drug-likeness (QED) is 0.461. The number of amides is 1. The molecule has 1 aliphatic carbocycles. The van der Waals surface area contributed by atoms with Crippen molar-refractivity contribution in [2.45, 2.75) is 18.2 Å². The predicted molar refractivity (Wildman–Crippen MR) is 120 cm³/mol. The van der Waals surface area contributed by atoms with Crippen LogP contribution in [0.15, 0.2) is 77.7 Å². The minimum Gasteiger partial charge on any atom is -0.323 e. The van der Waals surface area contributed by atoms with Gasteiger partial charge >= 0.3 is 0 Å². The molecule has 5 nitrogen and oxygen atoms in total. The van der Waals surface area contributed by atoms with E-state index < -0.39 is 10.0 Å². The van der Waals surface area contributed by atoms with Gasteiger partial charge in [-0.25, -0.2) is 13.1 Å². The second-order valence-electron chi connectivity index (χ2n) is 7.10. The molecular weight excluding hydrogens is 396 g/mol. The number of benzene rings is 3. The molecule has 3 aromatic rings. The van der Waals surface area contributed by atoms with Crippen LogP contribution in [0, 0.1) is 0 Å². The van der Waals surface area contributed by atoms with E-state index in [0.717, 1.165) is 17.7 Å². The van der Waals surface area contributed by atoms with E-state index in [1.165, 1.54) is 40.5 Å². The van der Waals surface area contributed by atoms with Gasteiger partial charge in [0, 0.05) is 18.3 Å². The summed E-state index contributed by atoms with van der Waals surface area (Å²) in [6, 6.07) is 20.7. The number of anilines is 1. The van der Waals surface area contributed by atoms with Gasteiger partial charge in [0.15, 0.2) is 0 Å². The van der Waals surface area contributed by atoms with Crippen molar-refractivity contribution >= 4 is 27.7 Å². The van der Waals surface area contributed by atoms with Crippen LogP contribution in [0.1, 0.15) is 23.6 Å². The first-order chi connectivity index (χ1) is 14.5. The summed E-state index contributed by atoms with van der Waals surface area (Å²) in [5.74, 6) is -0.241. The highest BCUT2D eigenvalue weighted by Crippen LogP contribution is 2.37. The summed E-state index contributed by atoms with van der Waals surface area (Å²) >= 11 is 0. The van der Waals surface area contributed by atoms with Crippen molar-refractivity contribution in [2.24, 2.45) is 0 Å². The smallest absolute Gasteiger partial charge is 0.248 e. The summed E-state index contributed by atoms with van der Waals surface area (Å²) in [4.78, 5) is 12.5. The standard InChI is InChI=1S/C24H22N2O3S/c1-2-25-30(28,29)21-11-7-17(8-12-21)9-14-24(27)26-20-10-13-23-19(16-20)15-18-5-3-4-6-22(18)23/h3-14,16,25H,2,15H2,1H3,(H,26,27)/b14-9+. The van der Waals surface area contributed by atoms with Crippen molar-refractivity contribution in [1.29, 1.82) is 0 Å². The van der Waals surface area contributed by atoms with Gasteiger partial charge < -0.3 is 5.32 Å². The van der Waals surface area contributed by atoms with E-state index >= 15 is 0 Å². The first kappa shape index (κ1) is 20.1. The number of hydrogen-bond donors (Lipinski definition) is 2. The van der Waals surface area contributed by atoms with Crippen molar-refractivity contribution in [3.8, 4) is 11.1 Å². The minimum absolute atomic E-state index is 0.199. The fraction of sp³-hybridized carbons (Fsp3) is 0.125. The maximum absolute atomic E-state index is 12.3. The van der Waals surface area contributed by atoms with Crippen molar-refractivity contribution < 1.29 is 13.2 Å². The number of fused-ring (bicyclic) bond motifs is 3. The second kappa shape index (κ2) is 8.26. The molecule has 0 aromatic heterocycles. The molecule has 0 radical (unpaired) electrons. The highest BCUT2D eigenvalue weighted by molar-refractivity contribution is 7.89. The first-order valence-electron chi connectivity index (χ1n) is 9.76. The summed E-state index contributed by atoms with van der Waals surface area (Å²) in [5, 5.41) is 2.89. The van der Waals surface area contributed by atoms with Gasteiger partial charge in [-0.2, -0.15) is 0 Å². The van der Waals surface area contributed by atoms with E-state index in [2.05, 4.69) is 22.2 Å². The molecule has 1 aliphatic rings. The number of sulfonamides is 1. The Hall–Kier alpha value is -3.22. The Morgan fingerprint density at radius 3 is 2.47 bits per heavy atom. The molecule has 2 N–H and O–H groups in total. The lowest BCUT2D eigenvalue weighted by Crippen LogP contribution is -2.22. The lowest BCUT2D eigenvalue weighted by atomic mass is 10.1. The maximum atomic E-state index is 12.3. The third-order valence-corrected chi connectivity index (χ3v) is 6.57. The Labute approximate surface area is 176 Å². The Bertz CT molecular complexity index is 1230. The van der Waals surface area contributed by atoms with Gasteiger partial charge in [-0.15, -0.1) is 0 Å². The predicted octanol–water partition coefficient (Wildman–Crippen LogP) is 4.21. The lowest BCUT2D eigenvalue weighted by molar-refractivity contribution is -0.111. The molecule has 30 heavy (non-hydrogen) atoms. The van der Waals surface area contributed by atoms with E-state index in [1.54, 1.807) is 25.1 Å². The van der Waals surface area contributed by atoms with Crippen LogP contribution in [0.5, 0.6) is 0 Å². The summed E-state index contributed by atoms with van der Waals surface area (Å²) in [7, 11) is -3.48. The van der Waals surface area contributed by atoms with E-state index in [9.17, 15) is 13.2 Å². The van der Waals surface area contributed by atoms with Gasteiger partial charge in [-0.1, -0.05) is 49.4 Å². The van der Waals surface area contributed by atoms with E-state index in [4.69, 9.17) is 0 Å². The normalized spacial score (nSPS) is 12.6. The molecule has 152 valence electrons. The number of carbonyl (C=O) groups excluding carboxylic acids is 1. The molecule has 6 heteroatoms. The van der Waals surface area contributed by atoms with Gasteiger partial charge in [-0.05, 0) is 64.6 Å². The molecule has 0 saturated carbocycles. The fourth-order valence-corrected chi connectivity index (χ4v) is 4.65. The zero-order valence-electron chi connectivity index (χ0n) is 16.6. The van der Waals surface area contributed by atoms with E-state index in [1.807, 2.05) is 30.3 Å². The molecule has 0 atom stereocenters. The average molecular weight is 419 g/mol. The zero-order valence-corrected chi connectivity index (χ0v) is 17.4. The van der Waals surface area contributed by atoms with Crippen LogP contribution >= 0.6 is 0 Å². The van der Waals surface area contributed by atoms with Crippen molar-refractivity contribution in [3.63, 3.8) is 0 Å². The molecule has 1 amide bonds. The number of nitrogens with one attached hydrogen (secondary N) is 2. The van der Waals surface area contributed by atoms with Crippen molar-refractivity contribution in [2.75, 3.05) is 11.9 Å². The van der Waals surface area contributed by atoms with E-state index in [0.29, 0.717) is 6.54 Å². The van der Waals surface area contributed by atoms with Crippen LogP contribution in [0.2, 0.25) is 0 Å². The SMILES string of the molecule is CCNS(=O)(=O)c1ccc(/C=C/C(=O)Nc2ccc3c(c2)Cc2ccccc2-3)cc1. The number of rotatable bonds is 6. The number of hydrogen-bond acceptors (Lipinski definition) is 3. The molecular formula is C24H22N2O3S. The molecule has 0 heterocycles. The lowest BCUT2D eigenvalue weighted by Gasteiger charge is -2.06. The van der Waals surface area contributed by atoms with Crippen LogP contribution in [0.4, 0.5) is 5.69 Å². The van der Waals surface area contributed by atoms with Crippen molar-refractivity contribution in [1.82, 2.24) is 4.72 Å². The molecule has 0 saturated heterocycles. The molecule has 0 bridgehead atoms. The largest absolute Gasteiger partial charge is 0.323 e. The van der Waals surface area contributed by atoms with Gasteiger partial charge in [0.05, 0.1) is 4.90 Å². The Kier molecular flexibility index (Phi) is 5.53. The van der Waals surface area contributed by atoms with Gasteiger partial charge in [0.1, 0.15) is 0 Å². The fourth-order valence-electron chi connectivity index (χ4n) is 3.61. The number of carbonyl (C=O) groups is 1. The van der Waals surface area contributed by atoms with Crippen LogP contribution in [-0.2, 0) is 21.2 Å². The van der Waals surface area contributed by atoms with Gasteiger partial charge in [0.2, 0.25) is 15.9 Å². The summed E-state index contributed by atoms with van der Waals surface area (Å²) in [6.45, 7) is 2.06. The average Bonchev–Trinajstić information content (AvgIpc) is 3.10. The third kappa shape index (κ3) is 4.20. The highest BCUT2D eigenvalue weighted by atomic mass is 32.2. The molecule has 0 unspecified atom stereocenters. The van der Waals surface area contributed by atoms with Crippen LogP contribution in [-0.4, -0.2) is 20.9 Å². The van der Waals surface area contributed by atoms with Crippen LogP contribution in [0.25, 0.3) is 17.2 Å². The van der Waals surface area contributed by atoms with Gasteiger partial charge in [0.25, 0.3) is 0 Å². The Balaban J connectivity index is 1.42. The third-order valence-electron chi connectivity index (χ3n) is 5.01. The summed E-state index contributed by atoms with van der Waals surface area (Å²) < 4.78 is 26.4. The molecule has 0 fully saturated rings. The first-order valence-corrected chi connectivity index (χ1v) is 11.2. The summed E-state index contributed by atoms with van der Waals surface area (Å²) in [6.07, 6.45) is 3.96.